The highest BCUT2D eigenvalue weighted by molar-refractivity contribution is 5.95. The normalized spacial score (nSPS) is 14.7. The van der Waals surface area contributed by atoms with Gasteiger partial charge in [-0.2, -0.15) is 13.2 Å². The van der Waals surface area contributed by atoms with E-state index in [2.05, 4.69) is 10.6 Å². The predicted molar refractivity (Wildman–Crippen MR) is 86.7 cm³/mol. The minimum Gasteiger partial charge on any atom is -0.336 e. The Hall–Kier alpha value is -2.09. The zero-order chi connectivity index (χ0) is 18.6. The summed E-state index contributed by atoms with van der Waals surface area (Å²) in [5, 5.41) is 4.83. The number of alkyl halides is 3. The molecule has 2 N–H and O–H groups in total. The van der Waals surface area contributed by atoms with Crippen molar-refractivity contribution in [3.63, 3.8) is 0 Å². The van der Waals surface area contributed by atoms with Gasteiger partial charge >= 0.3 is 12.2 Å². The van der Waals surface area contributed by atoms with Crippen LogP contribution in [0.2, 0.25) is 0 Å². The molecule has 5 nitrogen and oxygen atoms in total. The number of urea groups is 1. The van der Waals surface area contributed by atoms with Gasteiger partial charge in [0.2, 0.25) is 5.91 Å². The first-order valence-electron chi connectivity index (χ1n) is 8.15. The van der Waals surface area contributed by atoms with Gasteiger partial charge in [0.1, 0.15) is 0 Å². The first-order chi connectivity index (χ1) is 11.6. The van der Waals surface area contributed by atoms with Crippen LogP contribution in [0.1, 0.15) is 37.8 Å². The second kappa shape index (κ2) is 7.86. The van der Waals surface area contributed by atoms with Crippen molar-refractivity contribution in [2.75, 3.05) is 6.54 Å². The molecule has 1 fully saturated rings. The van der Waals surface area contributed by atoms with Crippen molar-refractivity contribution < 1.29 is 22.8 Å². The lowest BCUT2D eigenvalue weighted by Crippen LogP contribution is -2.46. The maximum Gasteiger partial charge on any atom is 0.416 e. The summed E-state index contributed by atoms with van der Waals surface area (Å²) in [6.07, 6.45) is -2.49. The van der Waals surface area contributed by atoms with Crippen LogP contribution >= 0.6 is 0 Å². The van der Waals surface area contributed by atoms with Crippen LogP contribution in [0.5, 0.6) is 0 Å². The van der Waals surface area contributed by atoms with E-state index in [4.69, 9.17) is 0 Å². The SMILES string of the molecule is CC(C)NC(=O)NC(=O)CN(Cc1ccc(C(F)(F)F)cc1)C1CC1. The Kier molecular flexibility index (Phi) is 6.05. The Balaban J connectivity index is 1.93. The second-order valence-electron chi connectivity index (χ2n) is 6.51. The fourth-order valence-corrected chi connectivity index (χ4v) is 2.44. The highest BCUT2D eigenvalue weighted by Crippen LogP contribution is 2.31. The van der Waals surface area contributed by atoms with Crippen molar-refractivity contribution in [3.05, 3.63) is 35.4 Å². The summed E-state index contributed by atoms with van der Waals surface area (Å²) in [6.45, 7) is 3.95. The number of nitrogens with zero attached hydrogens (tertiary/aromatic N) is 1. The largest absolute Gasteiger partial charge is 0.416 e. The number of rotatable bonds is 6. The molecule has 138 valence electrons. The van der Waals surface area contributed by atoms with Crippen LogP contribution in [0.25, 0.3) is 0 Å². The van der Waals surface area contributed by atoms with E-state index < -0.39 is 23.7 Å². The van der Waals surface area contributed by atoms with E-state index in [9.17, 15) is 22.8 Å². The number of halogens is 3. The number of benzene rings is 1. The van der Waals surface area contributed by atoms with Crippen molar-refractivity contribution in [1.29, 1.82) is 0 Å². The average molecular weight is 357 g/mol. The Morgan fingerprint density at radius 1 is 1.20 bits per heavy atom. The Morgan fingerprint density at radius 3 is 2.28 bits per heavy atom. The van der Waals surface area contributed by atoms with Crippen molar-refractivity contribution in [1.82, 2.24) is 15.5 Å². The summed E-state index contributed by atoms with van der Waals surface area (Å²) < 4.78 is 37.8. The van der Waals surface area contributed by atoms with Crippen molar-refractivity contribution in [2.45, 2.75) is 51.5 Å². The summed E-state index contributed by atoms with van der Waals surface area (Å²) in [4.78, 5) is 25.4. The van der Waals surface area contributed by atoms with E-state index >= 15 is 0 Å². The first kappa shape index (κ1) is 19.2. The van der Waals surface area contributed by atoms with Gasteiger partial charge in [0, 0.05) is 18.6 Å². The number of hydrogen-bond donors (Lipinski definition) is 2. The van der Waals surface area contributed by atoms with Crippen LogP contribution in [0.15, 0.2) is 24.3 Å². The summed E-state index contributed by atoms with van der Waals surface area (Å²) in [7, 11) is 0. The number of carbonyl (C=O) groups is 2. The molecular weight excluding hydrogens is 335 g/mol. The molecule has 0 heterocycles. The Bertz CT molecular complexity index is 611. The smallest absolute Gasteiger partial charge is 0.336 e. The summed E-state index contributed by atoms with van der Waals surface area (Å²) >= 11 is 0. The van der Waals surface area contributed by atoms with Gasteiger partial charge < -0.3 is 5.32 Å². The molecular formula is C17H22F3N3O2. The van der Waals surface area contributed by atoms with Crippen LogP contribution in [-0.2, 0) is 17.5 Å². The molecule has 1 aromatic rings. The topological polar surface area (TPSA) is 61.4 Å². The lowest BCUT2D eigenvalue weighted by atomic mass is 10.1. The predicted octanol–water partition coefficient (Wildman–Crippen LogP) is 2.90. The zero-order valence-corrected chi connectivity index (χ0v) is 14.2. The lowest BCUT2D eigenvalue weighted by Gasteiger charge is -2.21. The molecule has 1 aliphatic carbocycles. The maximum atomic E-state index is 12.6. The molecule has 0 unspecified atom stereocenters. The van der Waals surface area contributed by atoms with E-state index in [1.54, 1.807) is 13.8 Å². The zero-order valence-electron chi connectivity index (χ0n) is 14.2. The van der Waals surface area contributed by atoms with E-state index in [0.717, 1.165) is 25.0 Å². The van der Waals surface area contributed by atoms with E-state index in [0.29, 0.717) is 12.1 Å². The molecule has 8 heteroatoms. The molecule has 0 atom stereocenters. The minimum atomic E-state index is -4.36. The third-order valence-electron chi connectivity index (χ3n) is 3.75. The molecule has 1 aliphatic rings. The fraction of sp³-hybridized carbons (Fsp3) is 0.529. The van der Waals surface area contributed by atoms with Crippen LogP contribution < -0.4 is 10.6 Å². The molecule has 0 saturated heterocycles. The van der Waals surface area contributed by atoms with E-state index in [1.807, 2.05) is 4.90 Å². The highest BCUT2D eigenvalue weighted by Gasteiger charge is 2.32. The molecule has 0 spiro atoms. The van der Waals surface area contributed by atoms with Crippen LogP contribution in [-0.4, -0.2) is 35.5 Å². The number of carbonyl (C=O) groups excluding carboxylic acids is 2. The molecule has 3 amide bonds. The lowest BCUT2D eigenvalue weighted by molar-refractivity contribution is -0.137. The van der Waals surface area contributed by atoms with Gasteiger partial charge in [-0.25, -0.2) is 4.79 Å². The van der Waals surface area contributed by atoms with Gasteiger partial charge in [0.15, 0.2) is 0 Å². The van der Waals surface area contributed by atoms with Crippen LogP contribution in [0.4, 0.5) is 18.0 Å². The van der Waals surface area contributed by atoms with Crippen molar-refractivity contribution in [3.8, 4) is 0 Å². The van der Waals surface area contributed by atoms with Crippen molar-refractivity contribution >= 4 is 11.9 Å². The summed E-state index contributed by atoms with van der Waals surface area (Å²) in [6, 6.07) is 4.50. The maximum absolute atomic E-state index is 12.6. The Morgan fingerprint density at radius 2 is 1.80 bits per heavy atom. The van der Waals surface area contributed by atoms with Crippen molar-refractivity contribution in [2.24, 2.45) is 0 Å². The number of imide groups is 1. The Labute approximate surface area is 144 Å². The number of hydrogen-bond acceptors (Lipinski definition) is 3. The van der Waals surface area contributed by atoms with Gasteiger partial charge in [-0.15, -0.1) is 0 Å². The standard InChI is InChI=1S/C17H22F3N3O2/c1-11(2)21-16(25)22-15(24)10-23(14-7-8-14)9-12-3-5-13(6-4-12)17(18,19)20/h3-6,11,14H,7-10H2,1-2H3,(H2,21,22,24,25). The molecule has 0 aliphatic heterocycles. The van der Waals surface area contributed by atoms with Gasteiger partial charge in [-0.3, -0.25) is 15.0 Å². The highest BCUT2D eigenvalue weighted by atomic mass is 19.4. The minimum absolute atomic E-state index is 0.0250. The number of amides is 3. The molecule has 0 bridgehead atoms. The fourth-order valence-electron chi connectivity index (χ4n) is 2.44. The van der Waals surface area contributed by atoms with E-state index in [-0.39, 0.29) is 18.6 Å². The number of nitrogens with one attached hydrogen (secondary N) is 2. The molecule has 25 heavy (non-hydrogen) atoms. The average Bonchev–Trinajstić information content (AvgIpc) is 3.29. The quantitative estimate of drug-likeness (QED) is 0.823. The molecule has 1 aromatic carbocycles. The third kappa shape index (κ3) is 6.38. The summed E-state index contributed by atoms with van der Waals surface area (Å²) in [5.74, 6) is -0.433. The van der Waals surface area contributed by atoms with Gasteiger partial charge in [-0.05, 0) is 44.4 Å². The first-order valence-corrected chi connectivity index (χ1v) is 8.15. The second-order valence-corrected chi connectivity index (χ2v) is 6.51. The molecule has 2 rings (SSSR count). The van der Waals surface area contributed by atoms with Crippen LogP contribution in [0.3, 0.4) is 0 Å². The van der Waals surface area contributed by atoms with Crippen LogP contribution in [0, 0.1) is 0 Å². The third-order valence-corrected chi connectivity index (χ3v) is 3.75. The summed E-state index contributed by atoms with van der Waals surface area (Å²) in [5.41, 5.74) is -0.00310. The monoisotopic (exact) mass is 357 g/mol. The van der Waals surface area contributed by atoms with Gasteiger partial charge in [0.05, 0.1) is 12.1 Å². The molecule has 0 radical (unpaired) electrons. The van der Waals surface area contributed by atoms with Gasteiger partial charge in [-0.1, -0.05) is 12.1 Å². The van der Waals surface area contributed by atoms with Gasteiger partial charge in [0.25, 0.3) is 0 Å². The van der Waals surface area contributed by atoms with E-state index in [1.165, 1.54) is 12.1 Å². The molecule has 1 saturated carbocycles. The molecule has 0 aromatic heterocycles.